The Balaban J connectivity index is 1.44. The van der Waals surface area contributed by atoms with Crippen molar-refractivity contribution in [3.8, 4) is 11.4 Å². The first-order chi connectivity index (χ1) is 12.7. The van der Waals surface area contributed by atoms with Crippen LogP contribution in [0.2, 0.25) is 0 Å². The van der Waals surface area contributed by atoms with Crippen LogP contribution in [0.25, 0.3) is 11.4 Å². The lowest BCUT2D eigenvalue weighted by molar-refractivity contribution is -0.135. The van der Waals surface area contributed by atoms with Crippen molar-refractivity contribution < 1.29 is 13.7 Å². The quantitative estimate of drug-likeness (QED) is 0.913. The number of benzene rings is 1. The second-order valence-electron chi connectivity index (χ2n) is 7.09. The summed E-state index contributed by atoms with van der Waals surface area (Å²) in [5.74, 6) is 0.955. The van der Waals surface area contributed by atoms with Crippen molar-refractivity contribution in [2.75, 3.05) is 19.6 Å². The molecule has 1 N–H and O–H groups in total. The van der Waals surface area contributed by atoms with Crippen molar-refractivity contribution in [2.24, 2.45) is 0 Å². The number of piperidine rings is 2. The second kappa shape index (κ2) is 7.53. The lowest BCUT2D eigenvalue weighted by atomic mass is 9.96. The molecule has 1 amide bonds. The van der Waals surface area contributed by atoms with Crippen molar-refractivity contribution in [1.29, 1.82) is 0 Å². The van der Waals surface area contributed by atoms with Crippen LogP contribution in [0.3, 0.4) is 0 Å². The molecule has 4 rings (SSSR count). The number of nitrogens with zero attached hydrogens (tertiary/aromatic N) is 3. The highest BCUT2D eigenvalue weighted by molar-refractivity contribution is 5.82. The number of hydrogen-bond acceptors (Lipinski definition) is 5. The Morgan fingerprint density at radius 2 is 2.04 bits per heavy atom. The van der Waals surface area contributed by atoms with Crippen LogP contribution in [0.1, 0.15) is 43.9 Å². The maximum absolute atomic E-state index is 13.1. The Morgan fingerprint density at radius 1 is 1.19 bits per heavy atom. The Morgan fingerprint density at radius 3 is 2.81 bits per heavy atom. The number of hydrogen-bond donors (Lipinski definition) is 1. The third-order valence-electron chi connectivity index (χ3n) is 5.23. The summed E-state index contributed by atoms with van der Waals surface area (Å²) in [6.07, 6.45) is 5.01. The Kier molecular flexibility index (Phi) is 4.97. The highest BCUT2D eigenvalue weighted by Gasteiger charge is 2.32. The van der Waals surface area contributed by atoms with Gasteiger partial charge >= 0.3 is 0 Å². The molecular formula is C19H23FN4O2. The predicted octanol–water partition coefficient (Wildman–Crippen LogP) is 2.72. The number of carbonyl (C=O) groups is 1. The van der Waals surface area contributed by atoms with E-state index in [2.05, 4.69) is 15.5 Å². The molecule has 2 aliphatic rings. The first-order valence-electron chi connectivity index (χ1n) is 9.32. The molecule has 0 bridgehead atoms. The molecule has 1 aromatic carbocycles. The Bertz CT molecular complexity index is 755. The van der Waals surface area contributed by atoms with Gasteiger partial charge in [-0.2, -0.15) is 4.98 Å². The first-order valence-corrected chi connectivity index (χ1v) is 9.32. The van der Waals surface area contributed by atoms with Crippen LogP contribution in [0, 0.1) is 5.82 Å². The van der Waals surface area contributed by atoms with Gasteiger partial charge in [0.2, 0.25) is 17.6 Å². The molecule has 0 spiro atoms. The summed E-state index contributed by atoms with van der Waals surface area (Å²) in [7, 11) is 0. The van der Waals surface area contributed by atoms with Crippen molar-refractivity contribution in [3.63, 3.8) is 0 Å². The molecule has 6 nitrogen and oxygen atoms in total. The minimum absolute atomic E-state index is 0.0537. The minimum Gasteiger partial charge on any atom is -0.341 e. The largest absolute Gasteiger partial charge is 0.341 e. The van der Waals surface area contributed by atoms with Crippen LogP contribution in [0.4, 0.5) is 4.39 Å². The highest BCUT2D eigenvalue weighted by Crippen LogP contribution is 2.28. The standard InChI is InChI=1S/C19H23FN4O2/c20-15-8-6-13(7-9-15)17-22-18(26-23-17)14-4-3-11-24(12-14)19(25)16-5-1-2-10-21-16/h6-9,14,16,21H,1-5,10-12H2. The van der Waals surface area contributed by atoms with Gasteiger partial charge in [0.05, 0.1) is 12.0 Å². The van der Waals surface area contributed by atoms with Gasteiger partial charge in [-0.15, -0.1) is 0 Å². The predicted molar refractivity (Wildman–Crippen MR) is 93.9 cm³/mol. The fourth-order valence-corrected chi connectivity index (χ4v) is 3.78. The number of nitrogens with one attached hydrogen (secondary N) is 1. The third kappa shape index (κ3) is 3.62. The van der Waals surface area contributed by atoms with Crippen LogP contribution in [0.15, 0.2) is 28.8 Å². The molecule has 0 radical (unpaired) electrons. The Labute approximate surface area is 151 Å². The normalized spacial score (nSPS) is 23.8. The molecule has 2 aromatic rings. The van der Waals surface area contributed by atoms with Crippen molar-refractivity contribution in [1.82, 2.24) is 20.4 Å². The molecule has 2 aliphatic heterocycles. The van der Waals surface area contributed by atoms with Crippen molar-refractivity contribution in [3.05, 3.63) is 36.0 Å². The zero-order valence-electron chi connectivity index (χ0n) is 14.7. The van der Waals surface area contributed by atoms with Gasteiger partial charge in [0.15, 0.2) is 0 Å². The fourth-order valence-electron chi connectivity index (χ4n) is 3.78. The molecule has 7 heteroatoms. The maximum atomic E-state index is 13.1. The summed E-state index contributed by atoms with van der Waals surface area (Å²) < 4.78 is 18.5. The van der Waals surface area contributed by atoms with Crippen LogP contribution < -0.4 is 5.32 Å². The smallest absolute Gasteiger partial charge is 0.239 e. The van der Waals surface area contributed by atoms with Gasteiger partial charge in [-0.05, 0) is 56.5 Å². The van der Waals surface area contributed by atoms with E-state index in [-0.39, 0.29) is 23.7 Å². The van der Waals surface area contributed by atoms with Crippen LogP contribution in [-0.4, -0.2) is 46.6 Å². The number of aromatic nitrogens is 2. The molecule has 2 fully saturated rings. The van der Waals surface area contributed by atoms with E-state index in [0.717, 1.165) is 50.8 Å². The molecule has 2 atom stereocenters. The summed E-state index contributed by atoms with van der Waals surface area (Å²) in [5.41, 5.74) is 0.719. The zero-order chi connectivity index (χ0) is 17.9. The van der Waals surface area contributed by atoms with Crippen molar-refractivity contribution in [2.45, 2.75) is 44.1 Å². The minimum atomic E-state index is -0.296. The molecular weight excluding hydrogens is 335 g/mol. The van der Waals surface area contributed by atoms with E-state index in [1.54, 1.807) is 12.1 Å². The van der Waals surface area contributed by atoms with Gasteiger partial charge in [-0.3, -0.25) is 4.79 Å². The molecule has 138 valence electrons. The summed E-state index contributed by atoms with van der Waals surface area (Å²) in [6.45, 7) is 2.31. The zero-order valence-corrected chi connectivity index (χ0v) is 14.7. The molecule has 1 aromatic heterocycles. The lowest BCUT2D eigenvalue weighted by Gasteiger charge is -2.35. The maximum Gasteiger partial charge on any atom is 0.239 e. The van der Waals surface area contributed by atoms with E-state index in [9.17, 15) is 9.18 Å². The van der Waals surface area contributed by atoms with Crippen LogP contribution >= 0.6 is 0 Å². The lowest BCUT2D eigenvalue weighted by Crippen LogP contribution is -2.51. The van der Waals surface area contributed by atoms with Gasteiger partial charge < -0.3 is 14.7 Å². The van der Waals surface area contributed by atoms with Gasteiger partial charge in [0, 0.05) is 18.7 Å². The SMILES string of the molecule is O=C(C1CCCCN1)N1CCCC(c2nc(-c3ccc(F)cc3)no2)C1. The number of rotatable bonds is 3. The van der Waals surface area contributed by atoms with Gasteiger partial charge in [-0.1, -0.05) is 11.6 Å². The number of amides is 1. The molecule has 26 heavy (non-hydrogen) atoms. The van der Waals surface area contributed by atoms with Gasteiger partial charge in [0.25, 0.3) is 0 Å². The Hall–Kier alpha value is -2.28. The van der Waals surface area contributed by atoms with E-state index in [0.29, 0.717) is 18.3 Å². The third-order valence-corrected chi connectivity index (χ3v) is 5.23. The van der Waals surface area contributed by atoms with Crippen molar-refractivity contribution >= 4 is 5.91 Å². The molecule has 2 unspecified atom stereocenters. The average Bonchev–Trinajstić information content (AvgIpc) is 3.19. The summed E-state index contributed by atoms with van der Waals surface area (Å²) in [5, 5.41) is 7.35. The number of halogens is 1. The number of carbonyl (C=O) groups excluding carboxylic acids is 1. The average molecular weight is 358 g/mol. The van der Waals surface area contributed by atoms with E-state index in [1.165, 1.54) is 12.1 Å². The second-order valence-corrected chi connectivity index (χ2v) is 7.09. The van der Waals surface area contributed by atoms with Crippen LogP contribution in [0.5, 0.6) is 0 Å². The molecule has 2 saturated heterocycles. The monoisotopic (exact) mass is 358 g/mol. The van der Waals surface area contributed by atoms with Gasteiger partial charge in [0.1, 0.15) is 5.82 Å². The molecule has 3 heterocycles. The van der Waals surface area contributed by atoms with E-state index in [4.69, 9.17) is 4.52 Å². The van der Waals surface area contributed by atoms with E-state index >= 15 is 0 Å². The topological polar surface area (TPSA) is 71.3 Å². The highest BCUT2D eigenvalue weighted by atomic mass is 19.1. The summed E-state index contributed by atoms with van der Waals surface area (Å²) >= 11 is 0. The molecule has 0 saturated carbocycles. The summed E-state index contributed by atoms with van der Waals surface area (Å²) in [4.78, 5) is 19.2. The van der Waals surface area contributed by atoms with E-state index < -0.39 is 0 Å². The van der Waals surface area contributed by atoms with Crippen LogP contribution in [-0.2, 0) is 4.79 Å². The first kappa shape index (κ1) is 17.1. The fraction of sp³-hybridized carbons (Fsp3) is 0.526. The number of likely N-dealkylation sites (tertiary alicyclic amines) is 1. The summed E-state index contributed by atoms with van der Waals surface area (Å²) in [6, 6.07) is 5.97. The van der Waals surface area contributed by atoms with Gasteiger partial charge in [-0.25, -0.2) is 4.39 Å². The van der Waals surface area contributed by atoms with E-state index in [1.807, 2.05) is 4.90 Å². The molecule has 0 aliphatic carbocycles.